The summed E-state index contributed by atoms with van der Waals surface area (Å²) in [5.41, 5.74) is 1.93. The maximum atomic E-state index is 12.0. The van der Waals surface area contributed by atoms with Gasteiger partial charge < -0.3 is 56.6 Å². The fourth-order valence-corrected chi connectivity index (χ4v) is 9.00. The molecule has 0 unspecified atom stereocenters. The highest BCUT2D eigenvalue weighted by atomic mass is 79.9. The van der Waals surface area contributed by atoms with E-state index in [-0.39, 0.29) is 46.4 Å². The van der Waals surface area contributed by atoms with E-state index in [2.05, 4.69) is 41.5 Å². The summed E-state index contributed by atoms with van der Waals surface area (Å²) in [6, 6.07) is 24.8. The summed E-state index contributed by atoms with van der Waals surface area (Å²) >= 11 is 0. The molecule has 8 rings (SSSR count). The van der Waals surface area contributed by atoms with Gasteiger partial charge in [0.1, 0.15) is 42.9 Å². The number of piperidine rings is 3. The van der Waals surface area contributed by atoms with Crippen molar-refractivity contribution in [2.75, 3.05) is 45.9 Å². The summed E-state index contributed by atoms with van der Waals surface area (Å²) in [7, 11) is 0. The molecule has 4 heterocycles. The third kappa shape index (κ3) is 8.59. The van der Waals surface area contributed by atoms with Crippen molar-refractivity contribution in [3.05, 3.63) is 106 Å². The first-order valence-corrected chi connectivity index (χ1v) is 18.9. The first-order chi connectivity index (χ1) is 24.7. The van der Waals surface area contributed by atoms with Crippen LogP contribution in [0.15, 0.2) is 83.7 Å². The van der Waals surface area contributed by atoms with Crippen molar-refractivity contribution < 1.29 is 46.3 Å². The van der Waals surface area contributed by atoms with Crippen molar-refractivity contribution in [2.45, 2.75) is 75.7 Å². The number of nitrogens with one attached hydrogen (secondary N) is 2. The minimum absolute atomic E-state index is 0. The molecule has 10 heteroatoms. The second kappa shape index (κ2) is 16.8. The van der Waals surface area contributed by atoms with Gasteiger partial charge in [0.05, 0.1) is 31.3 Å². The van der Waals surface area contributed by atoms with Crippen LogP contribution in [0.2, 0.25) is 0 Å². The smallest absolute Gasteiger partial charge is 0.248 e. The van der Waals surface area contributed by atoms with E-state index in [4.69, 9.17) is 9.47 Å². The Morgan fingerprint density at radius 1 is 0.962 bits per heavy atom. The molecule has 1 aliphatic carbocycles. The van der Waals surface area contributed by atoms with E-state index in [1.165, 1.54) is 56.5 Å². The number of fused-ring (bicyclic) bond motifs is 4. The van der Waals surface area contributed by atoms with E-state index in [0.717, 1.165) is 48.1 Å². The molecule has 1 saturated carbocycles. The number of aliphatic hydroxyl groups excluding tert-OH is 1. The maximum Gasteiger partial charge on any atom is 0.248 e. The number of hydrogen-bond donors (Lipinski definition) is 5. The molecule has 3 aliphatic heterocycles. The topological polar surface area (TPSA) is 124 Å². The molecule has 1 aromatic heterocycles. The summed E-state index contributed by atoms with van der Waals surface area (Å²) in [5.74, 6) is 1.68. The van der Waals surface area contributed by atoms with Crippen molar-refractivity contribution in [3.63, 3.8) is 0 Å². The lowest BCUT2D eigenvalue weighted by Crippen LogP contribution is -3.00. The predicted octanol–water partition coefficient (Wildman–Crippen LogP) is 2.57. The molecule has 9 nitrogen and oxygen atoms in total. The molecule has 280 valence electrons. The Labute approximate surface area is 317 Å². The van der Waals surface area contributed by atoms with E-state index in [1.807, 2.05) is 30.3 Å². The molecule has 3 saturated heterocycles. The normalized spacial score (nSPS) is 23.9. The van der Waals surface area contributed by atoms with Crippen LogP contribution in [0.1, 0.15) is 68.2 Å². The quantitative estimate of drug-likeness (QED) is 0.118. The number of aromatic amines is 1. The van der Waals surface area contributed by atoms with Gasteiger partial charge in [-0.3, -0.25) is 4.79 Å². The van der Waals surface area contributed by atoms with Gasteiger partial charge in [0.15, 0.2) is 0 Å². The lowest BCUT2D eigenvalue weighted by Gasteiger charge is -2.52. The highest BCUT2D eigenvalue weighted by Gasteiger charge is 2.48. The highest BCUT2D eigenvalue weighted by Crippen LogP contribution is 2.42. The molecule has 4 aliphatic rings. The van der Waals surface area contributed by atoms with Crippen LogP contribution >= 0.6 is 0 Å². The Morgan fingerprint density at radius 2 is 1.69 bits per heavy atom. The van der Waals surface area contributed by atoms with Crippen LogP contribution in [-0.2, 0) is 16.8 Å². The molecular weight excluding hydrogens is 722 g/mol. The fourth-order valence-electron chi connectivity index (χ4n) is 9.00. The number of phenolic OH excluding ortho intramolecular Hbond substituents is 1. The van der Waals surface area contributed by atoms with E-state index >= 15 is 0 Å². The number of nitrogens with zero attached hydrogens (tertiary/aromatic N) is 1. The van der Waals surface area contributed by atoms with Gasteiger partial charge in [-0.15, -0.1) is 0 Å². The molecular formula is C42H54BrN3O6. The number of rotatable bonds is 15. The minimum atomic E-state index is -0.925. The standard InChI is InChI=1S/C42H53N3O6.BrH/c1-29(43-26-38(47)35-15-17-37(46)41-36(35)16-18-40(48)44-41)25-30-11-13-34(14-12-30)50-24-23-45-21-19-31(20-22-45)39(27-45)51-28-42(49,33-9-5-6-10-33)32-7-3-2-4-8-32;/h2-4,7-8,11-18,29,31,33,38-39,43,47,49H,5-6,9-10,19-28H2,1H3,(H-,44,46,48);1H/t29-,31?,38-,39-,42+,45?;/m0./s1. The highest BCUT2D eigenvalue weighted by molar-refractivity contribution is 5.87. The van der Waals surface area contributed by atoms with Crippen LogP contribution in [-0.4, -0.2) is 82.9 Å². The van der Waals surface area contributed by atoms with Crippen LogP contribution in [0.4, 0.5) is 0 Å². The van der Waals surface area contributed by atoms with Crippen LogP contribution in [0.3, 0.4) is 0 Å². The summed E-state index contributed by atoms with van der Waals surface area (Å²) in [5, 5.41) is 37.2. The average molecular weight is 777 g/mol. The average Bonchev–Trinajstić information content (AvgIpc) is 3.71. The third-order valence-corrected chi connectivity index (χ3v) is 12.1. The molecule has 4 aromatic rings. The number of hydrogen-bond acceptors (Lipinski definition) is 7. The molecule has 0 amide bonds. The number of quaternary nitrogens is 1. The number of aromatic nitrogens is 1. The largest absolute Gasteiger partial charge is 1.00 e. The first kappa shape index (κ1) is 38.5. The number of aliphatic hydroxyl groups is 2. The van der Waals surface area contributed by atoms with Crippen molar-refractivity contribution in [1.29, 1.82) is 0 Å². The van der Waals surface area contributed by atoms with Crippen LogP contribution in [0.25, 0.3) is 10.9 Å². The number of phenols is 1. The third-order valence-electron chi connectivity index (χ3n) is 12.1. The molecule has 2 bridgehead atoms. The number of aromatic hydroxyl groups is 1. The van der Waals surface area contributed by atoms with Crippen molar-refractivity contribution in [3.8, 4) is 11.5 Å². The van der Waals surface area contributed by atoms with Gasteiger partial charge in [-0.2, -0.15) is 0 Å². The maximum absolute atomic E-state index is 12.0. The zero-order valence-electron chi connectivity index (χ0n) is 30.2. The van der Waals surface area contributed by atoms with Crippen molar-refractivity contribution >= 4 is 10.9 Å². The van der Waals surface area contributed by atoms with E-state index in [9.17, 15) is 20.1 Å². The zero-order chi connectivity index (χ0) is 35.4. The molecule has 52 heavy (non-hydrogen) atoms. The predicted molar refractivity (Wildman–Crippen MR) is 199 cm³/mol. The number of ether oxygens (including phenoxy) is 2. The fraction of sp³-hybridized carbons (Fsp3) is 0.500. The van der Waals surface area contributed by atoms with Crippen molar-refractivity contribution in [1.82, 2.24) is 10.3 Å². The molecule has 5 N–H and O–H groups in total. The van der Waals surface area contributed by atoms with Gasteiger partial charge in [-0.25, -0.2) is 0 Å². The second-order valence-electron chi connectivity index (χ2n) is 15.5. The van der Waals surface area contributed by atoms with E-state index in [0.29, 0.717) is 42.1 Å². The number of pyridine rings is 1. The molecule has 4 fully saturated rings. The first-order valence-electron chi connectivity index (χ1n) is 18.9. The summed E-state index contributed by atoms with van der Waals surface area (Å²) < 4.78 is 14.0. The summed E-state index contributed by atoms with van der Waals surface area (Å²) in [6.45, 7) is 7.73. The van der Waals surface area contributed by atoms with Crippen molar-refractivity contribution in [2.24, 2.45) is 11.8 Å². The summed E-state index contributed by atoms with van der Waals surface area (Å²) in [6.07, 6.45) is 6.99. The SMILES string of the molecule is C[C@@H](Cc1ccc(OCC[N+]23CCC(CC2)[C@@H](OC[C@@](O)(c2ccccc2)C2CCCC2)C3)cc1)NC[C@H](O)c1ccc(O)c2[nH]c(=O)ccc12.[Br-]. The monoisotopic (exact) mass is 775 g/mol. The van der Waals surface area contributed by atoms with E-state index < -0.39 is 11.7 Å². The Kier molecular flexibility index (Phi) is 12.5. The van der Waals surface area contributed by atoms with Crippen LogP contribution in [0.5, 0.6) is 11.5 Å². The molecule has 3 aromatic carbocycles. The molecule has 0 spiro atoms. The molecule has 0 radical (unpaired) electrons. The Hall–Kier alpha value is -3.25. The van der Waals surface area contributed by atoms with Gasteiger partial charge >= 0.3 is 0 Å². The minimum Gasteiger partial charge on any atom is -1.00 e. The Morgan fingerprint density at radius 3 is 2.42 bits per heavy atom. The van der Waals surface area contributed by atoms with Gasteiger partial charge in [0.2, 0.25) is 5.56 Å². The lowest BCUT2D eigenvalue weighted by molar-refractivity contribution is -0.946. The van der Waals surface area contributed by atoms with Gasteiger partial charge in [-0.1, -0.05) is 61.4 Å². The number of halogens is 1. The van der Waals surface area contributed by atoms with E-state index in [1.54, 1.807) is 12.1 Å². The zero-order valence-corrected chi connectivity index (χ0v) is 31.8. The Bertz CT molecular complexity index is 1810. The van der Waals surface area contributed by atoms with Gasteiger partial charge in [0.25, 0.3) is 0 Å². The second-order valence-corrected chi connectivity index (χ2v) is 15.5. The van der Waals surface area contributed by atoms with Gasteiger partial charge in [-0.05, 0) is 73.1 Å². The number of H-pyrrole nitrogens is 1. The Balaban J connectivity index is 0.00000464. The number of benzene rings is 3. The summed E-state index contributed by atoms with van der Waals surface area (Å²) in [4.78, 5) is 14.4. The lowest BCUT2D eigenvalue weighted by atomic mass is 9.80. The van der Waals surface area contributed by atoms with Gasteiger partial charge in [0, 0.05) is 42.8 Å². The molecule has 4 atom stereocenters. The van der Waals surface area contributed by atoms with Crippen LogP contribution in [0, 0.1) is 11.8 Å². The van der Waals surface area contributed by atoms with Crippen LogP contribution < -0.4 is 32.6 Å².